The maximum Gasteiger partial charge on any atom is 0.316 e. The van der Waals surface area contributed by atoms with Gasteiger partial charge in [-0.2, -0.15) is 0 Å². The van der Waals surface area contributed by atoms with Gasteiger partial charge in [0.05, 0.1) is 7.11 Å². The minimum absolute atomic E-state index is 0.0915. The van der Waals surface area contributed by atoms with E-state index >= 15 is 0 Å². The molecular formula is C18H17Cl2NO4. The van der Waals surface area contributed by atoms with Crippen molar-refractivity contribution >= 4 is 40.9 Å². The van der Waals surface area contributed by atoms with Crippen LogP contribution in [0, 0.1) is 11.8 Å². The fourth-order valence-corrected chi connectivity index (χ4v) is 4.19. The molecule has 0 aromatic heterocycles. The average Bonchev–Trinajstić information content (AvgIpc) is 2.53. The molecule has 3 atom stereocenters. The van der Waals surface area contributed by atoms with Crippen LogP contribution in [0.3, 0.4) is 0 Å². The Kier molecular flexibility index (Phi) is 4.89. The predicted octanol–water partition coefficient (Wildman–Crippen LogP) is 3.25. The van der Waals surface area contributed by atoms with Crippen LogP contribution in [0.5, 0.6) is 0 Å². The molecule has 1 N–H and O–H groups in total. The number of allylic oxidation sites excluding steroid dienone is 2. The van der Waals surface area contributed by atoms with Gasteiger partial charge in [0.2, 0.25) is 5.91 Å². The topological polar surface area (TPSA) is 72.5 Å². The molecule has 0 saturated heterocycles. The van der Waals surface area contributed by atoms with E-state index in [2.05, 4.69) is 5.32 Å². The summed E-state index contributed by atoms with van der Waals surface area (Å²) < 4.78 is 4.80. The van der Waals surface area contributed by atoms with Crippen molar-refractivity contribution in [3.63, 3.8) is 0 Å². The summed E-state index contributed by atoms with van der Waals surface area (Å²) in [5, 5.41) is 3.65. The van der Waals surface area contributed by atoms with Crippen LogP contribution >= 0.6 is 23.2 Å². The molecule has 1 aromatic carbocycles. The van der Waals surface area contributed by atoms with E-state index < -0.39 is 17.8 Å². The summed E-state index contributed by atoms with van der Waals surface area (Å²) in [7, 11) is 1.27. The molecule has 1 aliphatic heterocycles. The minimum atomic E-state index is -0.868. The summed E-state index contributed by atoms with van der Waals surface area (Å²) >= 11 is 12.3. The number of nitrogens with one attached hydrogen (secondary N) is 1. The number of methoxy groups -OCH3 is 1. The lowest BCUT2D eigenvalue weighted by Crippen LogP contribution is -2.44. The molecule has 0 unspecified atom stereocenters. The maximum atomic E-state index is 13.1. The summed E-state index contributed by atoms with van der Waals surface area (Å²) in [6.07, 6.45) is 0.516. The number of rotatable bonds is 2. The number of esters is 1. The number of amides is 1. The van der Waals surface area contributed by atoms with Crippen LogP contribution in [0.15, 0.2) is 29.5 Å². The summed E-state index contributed by atoms with van der Waals surface area (Å²) in [6, 6.07) is 4.97. The first kappa shape index (κ1) is 18.0. The second-order valence-electron chi connectivity index (χ2n) is 6.41. The predicted molar refractivity (Wildman–Crippen MR) is 93.3 cm³/mol. The van der Waals surface area contributed by atoms with Crippen molar-refractivity contribution in [3.05, 3.63) is 45.1 Å². The molecule has 1 aliphatic carbocycles. The molecule has 3 rings (SSSR count). The normalized spacial score (nSPS) is 26.2. The Morgan fingerprint density at radius 1 is 1.24 bits per heavy atom. The Labute approximate surface area is 155 Å². The molecule has 1 heterocycles. The number of ketones is 1. The number of carbonyl (C=O) groups excluding carboxylic acids is 3. The van der Waals surface area contributed by atoms with E-state index in [0.717, 1.165) is 0 Å². The van der Waals surface area contributed by atoms with Gasteiger partial charge in [0.15, 0.2) is 5.78 Å². The van der Waals surface area contributed by atoms with Crippen LogP contribution < -0.4 is 5.32 Å². The Balaban J connectivity index is 2.10. The van der Waals surface area contributed by atoms with Gasteiger partial charge in [0, 0.05) is 33.7 Å². The van der Waals surface area contributed by atoms with Crippen molar-refractivity contribution < 1.29 is 19.1 Å². The second-order valence-corrected chi connectivity index (χ2v) is 7.25. The fourth-order valence-electron chi connectivity index (χ4n) is 3.65. The molecule has 1 aromatic rings. The third-order valence-electron chi connectivity index (χ3n) is 4.79. The SMILES string of the molecule is COC(=O)[C@H]1C(=O)C2=C(C[C@@H]1C)NC(=O)C[C@H]2c1ccc(Cl)cc1Cl. The Hall–Kier alpha value is -1.85. The molecule has 132 valence electrons. The Bertz CT molecular complexity index is 802. The number of benzene rings is 1. The van der Waals surface area contributed by atoms with Crippen molar-refractivity contribution in [2.24, 2.45) is 11.8 Å². The standard InChI is InChI=1S/C18H17Cl2NO4/c1-8-5-13-16(17(23)15(8)18(24)25-2)11(7-14(22)21-13)10-4-3-9(19)6-12(10)20/h3-4,6,8,11,15H,5,7H2,1-2H3,(H,21,22)/t8-,11-,15+/m0/s1. The third-order valence-corrected chi connectivity index (χ3v) is 5.35. The first-order chi connectivity index (χ1) is 11.8. The minimum Gasteiger partial charge on any atom is -0.468 e. The maximum absolute atomic E-state index is 13.1. The van der Waals surface area contributed by atoms with Crippen molar-refractivity contribution in [2.75, 3.05) is 7.11 Å². The Morgan fingerprint density at radius 2 is 1.96 bits per heavy atom. The lowest BCUT2D eigenvalue weighted by atomic mass is 9.70. The first-order valence-electron chi connectivity index (χ1n) is 7.93. The van der Waals surface area contributed by atoms with Crippen LogP contribution in [0.1, 0.15) is 31.2 Å². The lowest BCUT2D eigenvalue weighted by molar-refractivity contribution is -0.151. The largest absolute Gasteiger partial charge is 0.468 e. The number of hydrogen-bond donors (Lipinski definition) is 1. The van der Waals surface area contributed by atoms with E-state index in [4.69, 9.17) is 27.9 Å². The zero-order chi connectivity index (χ0) is 18.3. The van der Waals surface area contributed by atoms with E-state index in [-0.39, 0.29) is 24.0 Å². The molecule has 25 heavy (non-hydrogen) atoms. The molecule has 2 aliphatic rings. The number of Topliss-reactive ketones (excluding diaryl/α,β-unsaturated/α-hetero) is 1. The number of ether oxygens (including phenoxy) is 1. The Morgan fingerprint density at radius 3 is 2.60 bits per heavy atom. The quantitative estimate of drug-likeness (QED) is 0.630. The number of halogens is 2. The van der Waals surface area contributed by atoms with E-state index in [9.17, 15) is 14.4 Å². The summed E-state index contributed by atoms with van der Waals surface area (Å²) in [4.78, 5) is 37.3. The van der Waals surface area contributed by atoms with Crippen LogP contribution in [0.25, 0.3) is 0 Å². The second kappa shape index (κ2) is 6.81. The zero-order valence-electron chi connectivity index (χ0n) is 13.8. The van der Waals surface area contributed by atoms with E-state index in [1.54, 1.807) is 25.1 Å². The van der Waals surface area contributed by atoms with Crippen LogP contribution in [0.4, 0.5) is 0 Å². The third kappa shape index (κ3) is 3.18. The van der Waals surface area contributed by atoms with E-state index in [1.807, 2.05) is 0 Å². The van der Waals surface area contributed by atoms with E-state index in [0.29, 0.717) is 33.3 Å². The van der Waals surface area contributed by atoms with Crippen LogP contribution in [-0.4, -0.2) is 24.8 Å². The lowest BCUT2D eigenvalue weighted by Gasteiger charge is -2.36. The van der Waals surface area contributed by atoms with E-state index in [1.165, 1.54) is 7.11 Å². The highest BCUT2D eigenvalue weighted by Gasteiger charge is 2.45. The van der Waals surface area contributed by atoms with Crippen molar-refractivity contribution in [1.82, 2.24) is 5.32 Å². The van der Waals surface area contributed by atoms with Gasteiger partial charge in [-0.15, -0.1) is 0 Å². The molecule has 7 heteroatoms. The monoisotopic (exact) mass is 381 g/mol. The molecular weight excluding hydrogens is 365 g/mol. The summed E-state index contributed by atoms with van der Waals surface area (Å²) in [5.74, 6) is -2.66. The molecule has 5 nitrogen and oxygen atoms in total. The van der Waals surface area contributed by atoms with Crippen molar-refractivity contribution in [3.8, 4) is 0 Å². The average molecular weight is 382 g/mol. The molecule has 1 amide bonds. The van der Waals surface area contributed by atoms with Gasteiger partial charge in [0.25, 0.3) is 0 Å². The summed E-state index contributed by atoms with van der Waals surface area (Å²) in [5.41, 5.74) is 1.67. The zero-order valence-corrected chi connectivity index (χ0v) is 15.3. The molecule has 0 spiro atoms. The van der Waals surface area contributed by atoms with Gasteiger partial charge in [-0.3, -0.25) is 14.4 Å². The van der Waals surface area contributed by atoms with Gasteiger partial charge in [-0.1, -0.05) is 36.2 Å². The van der Waals surface area contributed by atoms with Crippen LogP contribution in [-0.2, 0) is 19.1 Å². The molecule has 0 saturated carbocycles. The van der Waals surface area contributed by atoms with Gasteiger partial charge in [-0.05, 0) is 30.0 Å². The molecule has 0 radical (unpaired) electrons. The first-order valence-corrected chi connectivity index (χ1v) is 8.69. The number of carbonyl (C=O) groups is 3. The van der Waals surface area contributed by atoms with Gasteiger partial charge in [0.1, 0.15) is 5.92 Å². The van der Waals surface area contributed by atoms with Gasteiger partial charge in [-0.25, -0.2) is 0 Å². The van der Waals surface area contributed by atoms with Crippen LogP contribution in [0.2, 0.25) is 10.0 Å². The fraction of sp³-hybridized carbons (Fsp3) is 0.389. The van der Waals surface area contributed by atoms with Gasteiger partial charge < -0.3 is 10.1 Å². The van der Waals surface area contributed by atoms with Crippen molar-refractivity contribution in [1.29, 1.82) is 0 Å². The highest BCUT2D eigenvalue weighted by Crippen LogP contribution is 2.44. The number of hydrogen-bond acceptors (Lipinski definition) is 4. The highest BCUT2D eigenvalue weighted by atomic mass is 35.5. The molecule has 0 fully saturated rings. The summed E-state index contributed by atoms with van der Waals surface area (Å²) in [6.45, 7) is 1.80. The smallest absolute Gasteiger partial charge is 0.316 e. The van der Waals surface area contributed by atoms with Crippen molar-refractivity contribution in [2.45, 2.75) is 25.7 Å². The molecule has 0 bridgehead atoms. The highest BCUT2D eigenvalue weighted by molar-refractivity contribution is 6.35. The van der Waals surface area contributed by atoms with Gasteiger partial charge >= 0.3 is 5.97 Å².